The first-order valence-electron chi connectivity index (χ1n) is 15.1. The molecule has 4 aromatic carbocycles. The van der Waals surface area contributed by atoms with Gasteiger partial charge in [0.2, 0.25) is 5.95 Å². The molecule has 4 nitrogen and oxygen atoms in total. The average Bonchev–Trinajstić information content (AvgIpc) is 3.50. The van der Waals surface area contributed by atoms with Gasteiger partial charge in [-0.15, -0.1) is 0 Å². The SMILES string of the molecule is CC[SH]1(C)(C)c2ccccc2-c2c1ccc1c3c(n(-c4nc(-c5ccccc5)nc(-c5ccccc5)n4)c21)CCCC3. The molecule has 0 spiro atoms. The summed E-state index contributed by atoms with van der Waals surface area (Å²) in [6.07, 6.45) is 9.64. The molecular formula is C37H36N4S. The molecular weight excluding hydrogens is 533 g/mol. The molecule has 0 unspecified atom stereocenters. The molecule has 3 heterocycles. The second-order valence-corrected chi connectivity index (χ2v) is 19.0. The van der Waals surface area contributed by atoms with E-state index >= 15 is 0 Å². The number of hydrogen-bond acceptors (Lipinski definition) is 3. The maximum atomic E-state index is 5.24. The second-order valence-electron chi connectivity index (χ2n) is 12.6. The van der Waals surface area contributed by atoms with Crippen LogP contribution in [0.5, 0.6) is 0 Å². The van der Waals surface area contributed by atoms with E-state index in [9.17, 15) is 0 Å². The first-order chi connectivity index (χ1) is 20.5. The molecule has 2 aromatic heterocycles. The van der Waals surface area contributed by atoms with Crippen molar-refractivity contribution in [3.63, 3.8) is 0 Å². The van der Waals surface area contributed by atoms with Gasteiger partial charge in [-0.2, -0.15) is 9.97 Å². The number of aromatic nitrogens is 4. The first-order valence-corrected chi connectivity index (χ1v) is 18.5. The Bertz CT molecular complexity index is 1950. The standard InChI is InChI=1S/C37H36N4S/c1-4-42(2,3)31-22-14-12-20-29(31)33-32(42)24-23-28-27-19-11-13-21-30(27)41(34(28)33)37-39-35(25-15-7-5-8-16-25)38-36(40-37)26-17-9-6-10-18-26/h5-10,12,14-18,20,22-24,42H,4,11,13,19,21H2,1-3H3. The lowest BCUT2D eigenvalue weighted by Crippen LogP contribution is -2.16. The molecule has 0 bridgehead atoms. The van der Waals surface area contributed by atoms with Gasteiger partial charge in [-0.05, 0) is 70.9 Å². The van der Waals surface area contributed by atoms with E-state index in [0.29, 0.717) is 11.6 Å². The molecule has 0 atom stereocenters. The van der Waals surface area contributed by atoms with E-state index < -0.39 is 9.16 Å². The maximum absolute atomic E-state index is 5.24. The highest BCUT2D eigenvalue weighted by Gasteiger charge is 2.44. The van der Waals surface area contributed by atoms with Crippen LogP contribution in [-0.4, -0.2) is 37.8 Å². The predicted octanol–water partition coefficient (Wildman–Crippen LogP) is 8.78. The van der Waals surface area contributed by atoms with Crippen molar-refractivity contribution in [1.82, 2.24) is 19.5 Å². The van der Waals surface area contributed by atoms with Crippen LogP contribution in [-0.2, 0) is 12.8 Å². The third kappa shape index (κ3) is 3.53. The van der Waals surface area contributed by atoms with Gasteiger partial charge in [0.15, 0.2) is 11.6 Å². The minimum absolute atomic E-state index is 0.706. The van der Waals surface area contributed by atoms with Crippen LogP contribution in [0.3, 0.4) is 0 Å². The Labute approximate surface area is 247 Å². The molecule has 5 heteroatoms. The maximum Gasteiger partial charge on any atom is 0.238 e. The summed E-state index contributed by atoms with van der Waals surface area (Å²) in [5, 5.41) is 1.36. The van der Waals surface area contributed by atoms with E-state index in [1.54, 1.807) is 0 Å². The molecule has 42 heavy (non-hydrogen) atoms. The minimum atomic E-state index is -2.35. The highest BCUT2D eigenvalue weighted by Crippen LogP contribution is 2.82. The van der Waals surface area contributed by atoms with Crippen molar-refractivity contribution >= 4 is 20.1 Å². The quantitative estimate of drug-likeness (QED) is 0.216. The Morgan fingerprint density at radius 2 is 1.29 bits per heavy atom. The fourth-order valence-corrected chi connectivity index (χ4v) is 11.3. The van der Waals surface area contributed by atoms with Gasteiger partial charge in [0.1, 0.15) is 0 Å². The van der Waals surface area contributed by atoms with E-state index in [1.165, 1.54) is 55.9 Å². The van der Waals surface area contributed by atoms with Crippen LogP contribution in [0, 0.1) is 0 Å². The Morgan fingerprint density at radius 1 is 0.667 bits per heavy atom. The molecule has 0 fully saturated rings. The molecule has 0 saturated heterocycles. The summed E-state index contributed by atoms with van der Waals surface area (Å²) < 4.78 is 2.43. The molecule has 0 radical (unpaired) electrons. The van der Waals surface area contributed by atoms with Crippen LogP contribution in [0.1, 0.15) is 31.0 Å². The van der Waals surface area contributed by atoms with E-state index in [1.807, 2.05) is 36.4 Å². The van der Waals surface area contributed by atoms with Crippen molar-refractivity contribution in [3.05, 3.63) is 108 Å². The summed E-state index contributed by atoms with van der Waals surface area (Å²) in [4.78, 5) is 18.5. The third-order valence-corrected chi connectivity index (χ3v) is 15.7. The second kappa shape index (κ2) is 9.14. The van der Waals surface area contributed by atoms with Crippen molar-refractivity contribution < 1.29 is 0 Å². The Hall–Kier alpha value is -4.22. The van der Waals surface area contributed by atoms with Gasteiger partial charge in [0.25, 0.3) is 0 Å². The molecule has 210 valence electrons. The van der Waals surface area contributed by atoms with E-state index in [-0.39, 0.29) is 0 Å². The summed E-state index contributed by atoms with van der Waals surface area (Å²) in [5.74, 6) is 3.28. The summed E-state index contributed by atoms with van der Waals surface area (Å²) in [6, 6.07) is 34.7. The summed E-state index contributed by atoms with van der Waals surface area (Å²) in [6.45, 7) is 2.38. The van der Waals surface area contributed by atoms with E-state index in [0.717, 1.165) is 35.7 Å². The van der Waals surface area contributed by atoms with Gasteiger partial charge in [0.05, 0.1) is 5.52 Å². The molecule has 6 aromatic rings. The van der Waals surface area contributed by atoms with E-state index in [2.05, 4.69) is 84.7 Å². The number of hydrogen-bond donors (Lipinski definition) is 1. The van der Waals surface area contributed by atoms with Crippen molar-refractivity contribution in [2.24, 2.45) is 0 Å². The van der Waals surface area contributed by atoms with Crippen LogP contribution >= 0.6 is 9.16 Å². The topological polar surface area (TPSA) is 43.6 Å². The fraction of sp³-hybridized carbons (Fsp3) is 0.216. The third-order valence-electron chi connectivity index (χ3n) is 9.97. The lowest BCUT2D eigenvalue weighted by Gasteiger charge is -2.53. The number of nitrogens with zero attached hydrogens (tertiary/aromatic N) is 4. The molecule has 2 aliphatic rings. The summed E-state index contributed by atoms with van der Waals surface area (Å²) in [5.41, 5.74) is 8.89. The average molecular weight is 569 g/mol. The number of thiol groups is 1. The molecule has 0 amide bonds. The lowest BCUT2D eigenvalue weighted by atomic mass is 9.94. The fourth-order valence-electron chi connectivity index (χ4n) is 7.38. The lowest BCUT2D eigenvalue weighted by molar-refractivity contribution is 0.661. The molecule has 1 aliphatic carbocycles. The largest absolute Gasteiger partial charge is 0.281 e. The van der Waals surface area contributed by atoms with Gasteiger partial charge < -0.3 is 0 Å². The van der Waals surface area contributed by atoms with Crippen molar-refractivity contribution in [1.29, 1.82) is 0 Å². The molecule has 0 saturated carbocycles. The Balaban J connectivity index is 1.51. The first kappa shape index (κ1) is 25.5. The van der Waals surface area contributed by atoms with Crippen LogP contribution < -0.4 is 0 Å². The zero-order chi connectivity index (χ0) is 28.5. The molecule has 1 aliphatic heterocycles. The van der Waals surface area contributed by atoms with Crippen molar-refractivity contribution in [3.8, 4) is 39.9 Å². The number of fused-ring (bicyclic) bond motifs is 7. The van der Waals surface area contributed by atoms with Gasteiger partial charge in [-0.1, -0.05) is 97.9 Å². The monoisotopic (exact) mass is 568 g/mol. The van der Waals surface area contributed by atoms with Gasteiger partial charge >= 0.3 is 0 Å². The molecule has 0 N–H and O–H groups in total. The highest BCUT2D eigenvalue weighted by molar-refractivity contribution is 8.49. The van der Waals surface area contributed by atoms with Gasteiger partial charge in [-0.3, -0.25) is 4.57 Å². The normalized spacial score (nSPS) is 17.2. The summed E-state index contributed by atoms with van der Waals surface area (Å²) in [7, 11) is -2.35. The Kier molecular flexibility index (Phi) is 5.55. The number of aryl methyl sites for hydroxylation is 1. The predicted molar refractivity (Wildman–Crippen MR) is 178 cm³/mol. The zero-order valence-electron chi connectivity index (χ0n) is 24.5. The number of rotatable bonds is 4. The Morgan fingerprint density at radius 3 is 1.95 bits per heavy atom. The van der Waals surface area contributed by atoms with Crippen LogP contribution in [0.4, 0.5) is 0 Å². The smallest absolute Gasteiger partial charge is 0.238 e. The van der Waals surface area contributed by atoms with Crippen molar-refractivity contribution in [2.75, 3.05) is 18.3 Å². The van der Waals surface area contributed by atoms with Gasteiger partial charge in [-0.25, -0.2) is 14.1 Å². The van der Waals surface area contributed by atoms with E-state index in [4.69, 9.17) is 15.0 Å². The van der Waals surface area contributed by atoms with Crippen LogP contribution in [0.15, 0.2) is 107 Å². The minimum Gasteiger partial charge on any atom is -0.281 e. The highest BCUT2D eigenvalue weighted by atomic mass is 32.3. The molecule has 8 rings (SSSR count). The van der Waals surface area contributed by atoms with Crippen LogP contribution in [0.2, 0.25) is 0 Å². The van der Waals surface area contributed by atoms with Gasteiger partial charge in [0, 0.05) is 27.8 Å². The van der Waals surface area contributed by atoms with Crippen molar-refractivity contribution in [2.45, 2.75) is 42.4 Å². The zero-order valence-corrected chi connectivity index (χ0v) is 25.4. The van der Waals surface area contributed by atoms with Crippen LogP contribution in [0.25, 0.3) is 50.8 Å². The summed E-state index contributed by atoms with van der Waals surface area (Å²) >= 11 is 0. The number of benzene rings is 4.